The number of esters is 1. The van der Waals surface area contributed by atoms with Gasteiger partial charge in [-0.1, -0.05) is 23.7 Å². The van der Waals surface area contributed by atoms with E-state index >= 15 is 0 Å². The Labute approximate surface area is 185 Å². The Morgan fingerprint density at radius 3 is 2.55 bits per heavy atom. The summed E-state index contributed by atoms with van der Waals surface area (Å²) in [6, 6.07) is 8.12. The van der Waals surface area contributed by atoms with Crippen molar-refractivity contribution in [2.24, 2.45) is 10.9 Å². The molecule has 1 amide bonds. The number of amides is 1. The number of ether oxygens (including phenoxy) is 1. The number of benzene rings is 1. The summed E-state index contributed by atoms with van der Waals surface area (Å²) in [6.45, 7) is 4.51. The predicted octanol–water partition coefficient (Wildman–Crippen LogP) is 1.66. The lowest BCUT2D eigenvalue weighted by Crippen LogP contribution is -2.57. The van der Waals surface area contributed by atoms with E-state index in [-0.39, 0.29) is 6.61 Å². The van der Waals surface area contributed by atoms with Crippen LogP contribution >= 0.6 is 11.6 Å². The van der Waals surface area contributed by atoms with Gasteiger partial charge in [-0.3, -0.25) is 14.9 Å². The monoisotopic (exact) mass is 442 g/mol. The minimum atomic E-state index is -1.07. The lowest BCUT2D eigenvalue weighted by molar-refractivity contribution is -0.153. The van der Waals surface area contributed by atoms with Crippen LogP contribution < -0.4 is 10.2 Å². The molecule has 2 aliphatic heterocycles. The summed E-state index contributed by atoms with van der Waals surface area (Å²) in [5, 5.41) is 3.31. The molecule has 3 heterocycles. The normalized spacial score (nSPS) is 21.4. The first-order valence-electron chi connectivity index (χ1n) is 10.1. The Kier molecular flexibility index (Phi) is 6.31. The molecule has 1 fully saturated rings. The molecule has 2 aromatic rings. The van der Waals surface area contributed by atoms with Crippen LogP contribution in [0.15, 0.2) is 47.7 Å². The molecule has 0 saturated carbocycles. The zero-order valence-electron chi connectivity index (χ0n) is 17.1. The van der Waals surface area contributed by atoms with Crippen LogP contribution in [-0.4, -0.2) is 65.5 Å². The van der Waals surface area contributed by atoms with E-state index in [1.807, 2.05) is 11.0 Å². The number of piperazine rings is 1. The minimum absolute atomic E-state index is 0.185. The average Bonchev–Trinajstić information content (AvgIpc) is 2.79. The zero-order valence-corrected chi connectivity index (χ0v) is 17.8. The standard InChI is InChI=1S/C21H23ClN6O3/c1-2-31-19(30)16-17(14-5-3-6-15(22)13-14)25-21(26-18(16)29)28-11-9-27(10-12-28)20-23-7-4-8-24-20/h3-8,13,16-17H,2,9-12H2,1H3,(H,25,26,29)/t16-,17-/m0/s1. The molecule has 0 aliphatic carbocycles. The molecule has 162 valence electrons. The van der Waals surface area contributed by atoms with Crippen LogP contribution in [0.2, 0.25) is 5.02 Å². The first-order chi connectivity index (χ1) is 15.1. The number of hydrogen-bond acceptors (Lipinski definition) is 8. The fraction of sp³-hybridized carbons (Fsp3) is 0.381. The molecule has 2 atom stereocenters. The highest BCUT2D eigenvalue weighted by Gasteiger charge is 2.42. The van der Waals surface area contributed by atoms with Crippen molar-refractivity contribution in [2.45, 2.75) is 13.0 Å². The van der Waals surface area contributed by atoms with Crippen LogP contribution in [0.4, 0.5) is 5.95 Å². The van der Waals surface area contributed by atoms with Gasteiger partial charge in [0.1, 0.15) is 6.04 Å². The maximum absolute atomic E-state index is 12.9. The van der Waals surface area contributed by atoms with E-state index < -0.39 is 23.8 Å². The van der Waals surface area contributed by atoms with Crippen molar-refractivity contribution in [3.8, 4) is 0 Å². The van der Waals surface area contributed by atoms with Gasteiger partial charge in [-0.2, -0.15) is 0 Å². The van der Waals surface area contributed by atoms with Crippen molar-refractivity contribution in [2.75, 3.05) is 37.7 Å². The Morgan fingerprint density at radius 1 is 1.16 bits per heavy atom. The van der Waals surface area contributed by atoms with Gasteiger partial charge >= 0.3 is 5.97 Å². The second-order valence-electron chi connectivity index (χ2n) is 7.19. The van der Waals surface area contributed by atoms with Crippen molar-refractivity contribution < 1.29 is 14.3 Å². The summed E-state index contributed by atoms with van der Waals surface area (Å²) in [5.74, 6) is -0.970. The van der Waals surface area contributed by atoms with E-state index in [4.69, 9.17) is 21.3 Å². The summed E-state index contributed by atoms with van der Waals surface area (Å²) in [4.78, 5) is 42.9. The van der Waals surface area contributed by atoms with Crippen molar-refractivity contribution in [3.63, 3.8) is 0 Å². The molecule has 0 unspecified atom stereocenters. The van der Waals surface area contributed by atoms with E-state index in [9.17, 15) is 9.59 Å². The van der Waals surface area contributed by atoms with Crippen LogP contribution in [0, 0.1) is 5.92 Å². The summed E-state index contributed by atoms with van der Waals surface area (Å²) < 4.78 is 5.14. The number of nitrogens with zero attached hydrogens (tertiary/aromatic N) is 5. The fourth-order valence-corrected chi connectivity index (χ4v) is 3.93. The number of carbonyl (C=O) groups is 2. The summed E-state index contributed by atoms with van der Waals surface area (Å²) in [6.07, 6.45) is 3.43. The van der Waals surface area contributed by atoms with Crippen LogP contribution in [-0.2, 0) is 14.3 Å². The van der Waals surface area contributed by atoms with Crippen molar-refractivity contribution in [1.82, 2.24) is 20.2 Å². The topological polar surface area (TPSA) is 100 Å². The molecule has 1 aromatic heterocycles. The Hall–Kier alpha value is -3.20. The van der Waals surface area contributed by atoms with Gasteiger partial charge in [0.05, 0.1) is 6.61 Å². The first-order valence-corrected chi connectivity index (χ1v) is 10.5. The van der Waals surface area contributed by atoms with Gasteiger partial charge in [0.2, 0.25) is 17.8 Å². The molecule has 0 spiro atoms. The summed E-state index contributed by atoms with van der Waals surface area (Å²) >= 11 is 6.16. The van der Waals surface area contributed by atoms with Gasteiger partial charge in [-0.05, 0) is 30.7 Å². The van der Waals surface area contributed by atoms with Gasteiger partial charge in [0, 0.05) is 43.6 Å². The quantitative estimate of drug-likeness (QED) is 0.567. The van der Waals surface area contributed by atoms with Crippen LogP contribution in [0.25, 0.3) is 0 Å². The number of nitrogens with one attached hydrogen (secondary N) is 1. The molecule has 1 aromatic carbocycles. The number of halogens is 1. The van der Waals surface area contributed by atoms with E-state index in [0.29, 0.717) is 48.7 Å². The number of hydrogen-bond donors (Lipinski definition) is 1. The maximum atomic E-state index is 12.9. The highest BCUT2D eigenvalue weighted by atomic mass is 35.5. The smallest absolute Gasteiger partial charge is 0.321 e. The number of guanidine groups is 1. The van der Waals surface area contributed by atoms with Gasteiger partial charge in [0.25, 0.3) is 0 Å². The second kappa shape index (κ2) is 9.30. The third-order valence-electron chi connectivity index (χ3n) is 5.24. The van der Waals surface area contributed by atoms with Crippen LogP contribution in [0.5, 0.6) is 0 Å². The molecule has 9 nitrogen and oxygen atoms in total. The molecule has 0 radical (unpaired) electrons. The molecular weight excluding hydrogens is 420 g/mol. The van der Waals surface area contributed by atoms with Crippen LogP contribution in [0.1, 0.15) is 18.5 Å². The molecule has 4 rings (SSSR count). The molecule has 1 saturated heterocycles. The molecular formula is C21H23ClN6O3. The van der Waals surface area contributed by atoms with Gasteiger partial charge in [0.15, 0.2) is 5.92 Å². The lowest BCUT2D eigenvalue weighted by atomic mass is 9.91. The largest absolute Gasteiger partial charge is 0.465 e. The third-order valence-corrected chi connectivity index (χ3v) is 5.47. The van der Waals surface area contributed by atoms with Gasteiger partial charge < -0.3 is 14.5 Å². The van der Waals surface area contributed by atoms with E-state index in [2.05, 4.69) is 20.2 Å². The van der Waals surface area contributed by atoms with Crippen LogP contribution in [0.3, 0.4) is 0 Å². The minimum Gasteiger partial charge on any atom is -0.465 e. The lowest BCUT2D eigenvalue weighted by Gasteiger charge is -2.38. The summed E-state index contributed by atoms with van der Waals surface area (Å²) in [5.41, 5.74) is 0.689. The SMILES string of the molecule is CCOC(=O)[C@@H]1C(=O)NC(N2CCN(c3ncccn3)CC2)=N[C@H]1c1cccc(Cl)c1. The number of aliphatic imine (C=N–C) groups is 1. The molecule has 0 bridgehead atoms. The predicted molar refractivity (Wildman–Crippen MR) is 116 cm³/mol. The molecule has 2 aliphatic rings. The van der Waals surface area contributed by atoms with Gasteiger partial charge in [-0.25, -0.2) is 15.0 Å². The second-order valence-corrected chi connectivity index (χ2v) is 7.63. The van der Waals surface area contributed by atoms with Crippen molar-refractivity contribution in [1.29, 1.82) is 0 Å². The molecule has 10 heteroatoms. The number of rotatable bonds is 4. The van der Waals surface area contributed by atoms with Gasteiger partial charge in [-0.15, -0.1) is 0 Å². The molecule has 1 N–H and O–H groups in total. The summed E-state index contributed by atoms with van der Waals surface area (Å²) in [7, 11) is 0. The Morgan fingerprint density at radius 2 is 1.87 bits per heavy atom. The van der Waals surface area contributed by atoms with E-state index in [0.717, 1.165) is 0 Å². The van der Waals surface area contributed by atoms with Crippen molar-refractivity contribution >= 4 is 35.4 Å². The first kappa shape index (κ1) is 21.0. The maximum Gasteiger partial charge on any atom is 0.321 e. The highest BCUT2D eigenvalue weighted by Crippen LogP contribution is 2.32. The Bertz CT molecular complexity index is 978. The molecule has 31 heavy (non-hydrogen) atoms. The van der Waals surface area contributed by atoms with Crippen molar-refractivity contribution in [3.05, 3.63) is 53.3 Å². The highest BCUT2D eigenvalue weighted by molar-refractivity contribution is 6.30. The Balaban J connectivity index is 1.57. The number of carbonyl (C=O) groups excluding carboxylic acids is 2. The number of anilines is 1. The zero-order chi connectivity index (χ0) is 21.8. The average molecular weight is 443 g/mol. The third kappa shape index (κ3) is 4.61. The fourth-order valence-electron chi connectivity index (χ4n) is 3.73. The van der Waals surface area contributed by atoms with E-state index in [1.165, 1.54) is 0 Å². The number of aromatic nitrogens is 2. The van der Waals surface area contributed by atoms with E-state index in [1.54, 1.807) is 43.6 Å².